The Kier molecular flexibility index (Phi) is 76.3. The molecular formula is C31H44N10NiO5S6. The van der Waals surface area contributed by atoms with Crippen LogP contribution in [0.1, 0.15) is 22.3 Å². The zero-order chi connectivity index (χ0) is 42.2. The molecule has 0 saturated carbocycles. The summed E-state index contributed by atoms with van der Waals surface area (Å²) in [5, 5.41) is 51.9. The summed E-state index contributed by atoms with van der Waals surface area (Å²) in [6.45, 7) is 0. The van der Waals surface area contributed by atoms with Gasteiger partial charge in [0.25, 0.3) is 0 Å². The number of aliphatic hydroxyl groups is 5. The van der Waals surface area contributed by atoms with Crippen molar-refractivity contribution in [2.45, 2.75) is 0 Å². The fourth-order valence-corrected chi connectivity index (χ4v) is 2.61. The maximum atomic E-state index is 7.13. The van der Waals surface area contributed by atoms with E-state index in [0.29, 0.717) is 20.0 Å². The van der Waals surface area contributed by atoms with Crippen molar-refractivity contribution < 1.29 is 42.0 Å². The van der Waals surface area contributed by atoms with E-state index < -0.39 is 0 Å². The zero-order valence-electron chi connectivity index (χ0n) is 29.2. The number of nitrogens with zero attached hydrogens (tertiary/aromatic N) is 6. The minimum absolute atomic E-state index is 0. The third kappa shape index (κ3) is 52.5. The molecule has 0 aliphatic carbocycles. The molecule has 0 radical (unpaired) electrons. The summed E-state index contributed by atoms with van der Waals surface area (Å²) in [5.41, 5.74) is 24.7. The van der Waals surface area contributed by atoms with E-state index in [1.807, 2.05) is 0 Å². The van der Waals surface area contributed by atoms with E-state index >= 15 is 0 Å². The molecule has 0 spiro atoms. The Hall–Kier alpha value is -3.95. The molecular weight excluding hydrogens is 844 g/mol. The molecule has 0 aliphatic heterocycles. The fourth-order valence-electron chi connectivity index (χ4n) is 2.06. The second-order valence-corrected chi connectivity index (χ2v) is 8.71. The van der Waals surface area contributed by atoms with Crippen LogP contribution in [0.15, 0.2) is 98.1 Å². The van der Waals surface area contributed by atoms with Gasteiger partial charge in [-0.05, 0) is 48.5 Å². The van der Waals surface area contributed by atoms with E-state index in [9.17, 15) is 0 Å². The third-order valence-corrected chi connectivity index (χ3v) is 4.80. The number of rotatable bonds is 4. The summed E-state index contributed by atoms with van der Waals surface area (Å²) in [6.07, 6.45) is 13.3. The standard InChI is InChI=1S/4C6H6N2S.2CNS.5CH4O.Ni/c4*7-6(9)5-1-3-8-4-2-5;2*2-1-3;5*1-2;/h4*1-4H,(H2,7,9);;;5*2H,1H3;/q;;;;2*-1;;;;;;+2. The second kappa shape index (κ2) is 60.2. The molecule has 0 unspecified atom stereocenters. The summed E-state index contributed by atoms with van der Waals surface area (Å²) in [7, 11) is 5.00. The number of aliphatic hydroxyl groups excluding tert-OH is 5. The minimum atomic E-state index is 0. The molecule has 15 nitrogen and oxygen atoms in total. The molecule has 4 aromatic rings. The number of isothiocyanates is 2. The van der Waals surface area contributed by atoms with Crippen molar-refractivity contribution >= 4 is 104 Å². The Bertz CT molecular complexity index is 1240. The van der Waals surface area contributed by atoms with Crippen LogP contribution in [0.25, 0.3) is 10.8 Å². The predicted molar refractivity (Wildman–Crippen MR) is 233 cm³/mol. The Morgan fingerprint density at radius 1 is 0.415 bits per heavy atom. The predicted octanol–water partition coefficient (Wildman–Crippen LogP) is 2.22. The maximum Gasteiger partial charge on any atom is 2.00 e. The number of aromatic nitrogens is 4. The molecule has 4 heterocycles. The van der Waals surface area contributed by atoms with Gasteiger partial charge in [0.05, 0.1) is 0 Å². The quantitative estimate of drug-likeness (QED) is 0.0806. The van der Waals surface area contributed by atoms with Crippen molar-refractivity contribution in [1.29, 1.82) is 0 Å². The number of pyridine rings is 4. The average Bonchev–Trinajstić information content (AvgIpc) is 3.21. The van der Waals surface area contributed by atoms with Gasteiger partial charge in [-0.25, -0.2) is 0 Å². The Balaban J connectivity index is -0.0000000747. The normalized spacial score (nSPS) is 6.91. The van der Waals surface area contributed by atoms with Crippen LogP contribution in [0, 0.1) is 0 Å². The van der Waals surface area contributed by atoms with Gasteiger partial charge in [0.2, 0.25) is 0 Å². The van der Waals surface area contributed by atoms with Gasteiger partial charge in [0, 0.05) is 107 Å². The maximum absolute atomic E-state index is 7.13. The minimum Gasteiger partial charge on any atom is -0.753 e. The van der Waals surface area contributed by atoms with Crippen molar-refractivity contribution in [1.82, 2.24) is 19.9 Å². The molecule has 13 N–H and O–H groups in total. The number of nitrogens with two attached hydrogens (primary N) is 4. The van der Waals surface area contributed by atoms with Gasteiger partial charge in [0.1, 0.15) is 20.0 Å². The van der Waals surface area contributed by atoms with Gasteiger partial charge >= 0.3 is 16.5 Å². The van der Waals surface area contributed by atoms with Crippen LogP contribution in [0.3, 0.4) is 0 Å². The third-order valence-electron chi connectivity index (χ3n) is 3.86. The smallest absolute Gasteiger partial charge is 0.753 e. The molecule has 53 heavy (non-hydrogen) atoms. The van der Waals surface area contributed by atoms with Gasteiger partial charge in [0.15, 0.2) is 0 Å². The Morgan fingerprint density at radius 2 is 0.509 bits per heavy atom. The molecule has 4 rings (SSSR count). The van der Waals surface area contributed by atoms with Gasteiger partial charge in [-0.2, -0.15) is 10.3 Å². The van der Waals surface area contributed by atoms with E-state index in [1.165, 1.54) is 10.3 Å². The number of hydrogen-bond donors (Lipinski definition) is 9. The van der Waals surface area contributed by atoms with Gasteiger partial charge < -0.3 is 59.3 Å². The first kappa shape index (κ1) is 67.2. The first-order chi connectivity index (χ1) is 25.0. The largest absolute Gasteiger partial charge is 2.00 e. The molecule has 0 amide bonds. The van der Waals surface area contributed by atoms with Gasteiger partial charge in [-0.1, -0.05) is 73.3 Å². The fraction of sp³-hybridized carbons (Fsp3) is 0.161. The molecule has 4 aromatic heterocycles. The molecule has 0 fully saturated rings. The first-order valence-electron chi connectivity index (χ1n) is 13.1. The molecule has 0 aliphatic rings. The van der Waals surface area contributed by atoms with Crippen LogP contribution in [-0.4, -0.2) is 111 Å². The van der Waals surface area contributed by atoms with Crippen LogP contribution in [0.4, 0.5) is 0 Å². The average molecular weight is 888 g/mol. The van der Waals surface area contributed by atoms with Gasteiger partial charge in [-0.3, -0.25) is 19.9 Å². The molecule has 0 atom stereocenters. The monoisotopic (exact) mass is 886 g/mol. The topological polar surface area (TPSA) is 301 Å². The van der Waals surface area contributed by atoms with Gasteiger partial charge in [-0.15, -0.1) is 0 Å². The summed E-state index contributed by atoms with van der Waals surface area (Å²) >= 11 is 26.2. The summed E-state index contributed by atoms with van der Waals surface area (Å²) in [4.78, 5) is 16.9. The Labute approximate surface area is 352 Å². The van der Waals surface area contributed by atoms with Crippen molar-refractivity contribution in [3.05, 3.63) is 131 Å². The van der Waals surface area contributed by atoms with Crippen LogP contribution in [-0.2, 0) is 16.5 Å². The van der Waals surface area contributed by atoms with Crippen LogP contribution in [0.2, 0.25) is 0 Å². The molecule has 294 valence electrons. The van der Waals surface area contributed by atoms with Crippen molar-refractivity contribution in [2.24, 2.45) is 22.9 Å². The number of thiocarbonyl (C=S) groups is 6. The van der Waals surface area contributed by atoms with Crippen molar-refractivity contribution in [2.75, 3.05) is 35.5 Å². The molecule has 0 bridgehead atoms. The van der Waals surface area contributed by atoms with Crippen LogP contribution in [0.5, 0.6) is 0 Å². The van der Waals surface area contributed by atoms with E-state index in [4.69, 9.17) is 108 Å². The zero-order valence-corrected chi connectivity index (χ0v) is 35.1. The second-order valence-electron chi connectivity index (χ2n) is 6.58. The van der Waals surface area contributed by atoms with Crippen LogP contribution >= 0.6 is 73.3 Å². The molecule has 22 heteroatoms. The van der Waals surface area contributed by atoms with Crippen molar-refractivity contribution in [3.8, 4) is 0 Å². The molecule has 0 saturated heterocycles. The van der Waals surface area contributed by atoms with E-state index in [0.717, 1.165) is 57.8 Å². The number of hydrogen-bond acceptors (Lipinski definition) is 15. The van der Waals surface area contributed by atoms with Crippen LogP contribution < -0.4 is 22.9 Å². The van der Waals surface area contributed by atoms with E-state index in [1.54, 1.807) is 98.1 Å². The van der Waals surface area contributed by atoms with E-state index in [-0.39, 0.29) is 16.5 Å². The Morgan fingerprint density at radius 3 is 0.566 bits per heavy atom. The van der Waals surface area contributed by atoms with E-state index in [2.05, 4.69) is 44.4 Å². The summed E-state index contributed by atoms with van der Waals surface area (Å²) in [5.74, 6) is 0. The SMILES string of the molecule is CO.CO.CO.CO.CO.NC(=S)c1ccncc1.NC(=S)c1ccncc1.NC(=S)c1ccncc1.NC(=S)c1ccncc1.[N-]=C=S.[N-]=C=S.[Ni+2]. The summed E-state index contributed by atoms with van der Waals surface area (Å²) < 4.78 is 0. The van der Waals surface area contributed by atoms with Crippen molar-refractivity contribution in [3.63, 3.8) is 0 Å². The molecule has 0 aromatic carbocycles. The summed E-state index contributed by atoms with van der Waals surface area (Å²) in [6, 6.07) is 14.2. The first-order valence-corrected chi connectivity index (χ1v) is 15.6.